The minimum atomic E-state index is 0.494. The molecule has 0 aromatic heterocycles. The van der Waals surface area contributed by atoms with Gasteiger partial charge in [-0.15, -0.1) is 0 Å². The molecular formula is C10H19N3. The van der Waals surface area contributed by atoms with Gasteiger partial charge in [-0.25, -0.2) is 0 Å². The number of nitrogens with one attached hydrogen (secondary N) is 1. The number of hydrogen-bond donors (Lipinski definition) is 1. The average Bonchev–Trinajstić information content (AvgIpc) is 2.19. The summed E-state index contributed by atoms with van der Waals surface area (Å²) >= 11 is 0. The number of nitriles is 1. The Kier molecular flexibility index (Phi) is 4.81. The van der Waals surface area contributed by atoms with E-state index in [9.17, 15) is 0 Å². The second-order valence-electron chi connectivity index (χ2n) is 3.67. The van der Waals surface area contributed by atoms with Gasteiger partial charge < -0.3 is 10.2 Å². The van der Waals surface area contributed by atoms with E-state index in [1.165, 1.54) is 32.5 Å². The molecule has 0 unspecified atom stereocenters. The Hall–Kier alpha value is -0.590. The van der Waals surface area contributed by atoms with Gasteiger partial charge in [-0.1, -0.05) is 6.92 Å². The smallest absolute Gasteiger partial charge is 0.0841 e. The molecule has 1 aliphatic rings. The predicted octanol–water partition coefficient (Wildman–Crippen LogP) is 0.831. The highest BCUT2D eigenvalue weighted by Crippen LogP contribution is 2.15. The van der Waals surface area contributed by atoms with E-state index in [1.54, 1.807) is 0 Å². The van der Waals surface area contributed by atoms with Crippen LogP contribution in [-0.2, 0) is 0 Å². The topological polar surface area (TPSA) is 39.1 Å². The van der Waals surface area contributed by atoms with Crippen molar-refractivity contribution in [2.75, 3.05) is 32.7 Å². The van der Waals surface area contributed by atoms with Crippen molar-refractivity contribution in [3.05, 3.63) is 0 Å². The molecule has 1 rings (SSSR count). The highest BCUT2D eigenvalue weighted by atomic mass is 15.1. The van der Waals surface area contributed by atoms with Gasteiger partial charge in [0.2, 0.25) is 0 Å². The molecule has 1 fully saturated rings. The number of likely N-dealkylation sites (tertiary alicyclic amines) is 1. The molecule has 3 heteroatoms. The van der Waals surface area contributed by atoms with Crippen molar-refractivity contribution >= 4 is 0 Å². The number of rotatable bonds is 4. The molecule has 0 spiro atoms. The Labute approximate surface area is 80.7 Å². The van der Waals surface area contributed by atoms with Crippen LogP contribution in [0.25, 0.3) is 0 Å². The van der Waals surface area contributed by atoms with Gasteiger partial charge in [0, 0.05) is 0 Å². The van der Waals surface area contributed by atoms with Crippen molar-refractivity contribution < 1.29 is 0 Å². The molecule has 1 saturated heterocycles. The lowest BCUT2D eigenvalue weighted by molar-refractivity contribution is 0.191. The molecule has 1 N–H and O–H groups in total. The van der Waals surface area contributed by atoms with Gasteiger partial charge in [0.1, 0.15) is 0 Å². The van der Waals surface area contributed by atoms with Gasteiger partial charge in [0.15, 0.2) is 0 Å². The Morgan fingerprint density at radius 1 is 1.46 bits per heavy atom. The minimum absolute atomic E-state index is 0.494. The van der Waals surface area contributed by atoms with Crippen LogP contribution in [0.1, 0.15) is 19.8 Å². The molecule has 3 nitrogen and oxygen atoms in total. The molecule has 0 amide bonds. The first kappa shape index (κ1) is 10.5. The monoisotopic (exact) mass is 181 g/mol. The Morgan fingerprint density at radius 2 is 2.15 bits per heavy atom. The Bertz CT molecular complexity index is 165. The molecule has 0 atom stereocenters. The van der Waals surface area contributed by atoms with Crippen LogP contribution in [-0.4, -0.2) is 37.6 Å². The third-order valence-electron chi connectivity index (χ3n) is 2.79. The van der Waals surface area contributed by atoms with Gasteiger partial charge >= 0.3 is 0 Å². The summed E-state index contributed by atoms with van der Waals surface area (Å²) in [5, 5.41) is 11.5. The van der Waals surface area contributed by atoms with Crippen LogP contribution in [0.2, 0.25) is 0 Å². The van der Waals surface area contributed by atoms with E-state index in [-0.39, 0.29) is 0 Å². The standard InChI is InChI=1S/C10H19N3/c1-2-13-7-3-10(4-8-13)9-12-6-5-11/h10,12H,2-4,6-9H2,1H3. The lowest BCUT2D eigenvalue weighted by Crippen LogP contribution is -2.37. The first-order valence-electron chi connectivity index (χ1n) is 5.16. The maximum absolute atomic E-state index is 8.36. The van der Waals surface area contributed by atoms with Gasteiger partial charge in [-0.3, -0.25) is 0 Å². The molecule has 1 heterocycles. The van der Waals surface area contributed by atoms with E-state index in [0.29, 0.717) is 6.54 Å². The van der Waals surface area contributed by atoms with E-state index in [1.807, 2.05) is 0 Å². The van der Waals surface area contributed by atoms with Crippen molar-refractivity contribution in [2.45, 2.75) is 19.8 Å². The molecule has 1 aliphatic heterocycles. The van der Waals surface area contributed by atoms with Crippen LogP contribution < -0.4 is 5.32 Å². The summed E-state index contributed by atoms with van der Waals surface area (Å²) in [4.78, 5) is 2.49. The number of piperidine rings is 1. The van der Waals surface area contributed by atoms with Gasteiger partial charge in [-0.05, 0) is 44.9 Å². The summed E-state index contributed by atoms with van der Waals surface area (Å²) in [6, 6.07) is 2.11. The number of hydrogen-bond acceptors (Lipinski definition) is 3. The molecule has 0 aromatic carbocycles. The maximum Gasteiger partial charge on any atom is 0.0841 e. The third-order valence-corrected chi connectivity index (χ3v) is 2.79. The fourth-order valence-electron chi connectivity index (χ4n) is 1.84. The predicted molar refractivity (Wildman–Crippen MR) is 53.3 cm³/mol. The minimum Gasteiger partial charge on any atom is -0.304 e. The lowest BCUT2D eigenvalue weighted by Gasteiger charge is -2.30. The molecule has 0 aliphatic carbocycles. The van der Waals surface area contributed by atoms with Crippen molar-refractivity contribution in [3.8, 4) is 6.07 Å². The van der Waals surface area contributed by atoms with Crippen LogP contribution >= 0.6 is 0 Å². The molecule has 0 aromatic rings. The van der Waals surface area contributed by atoms with E-state index >= 15 is 0 Å². The SMILES string of the molecule is CCN1CCC(CNCC#N)CC1. The van der Waals surface area contributed by atoms with E-state index in [0.717, 1.165) is 12.5 Å². The van der Waals surface area contributed by atoms with Crippen LogP contribution in [0.15, 0.2) is 0 Å². The zero-order valence-corrected chi connectivity index (χ0v) is 8.42. The van der Waals surface area contributed by atoms with E-state index in [2.05, 4.69) is 23.2 Å². The summed E-state index contributed by atoms with van der Waals surface area (Å²) < 4.78 is 0. The van der Waals surface area contributed by atoms with Crippen molar-refractivity contribution in [2.24, 2.45) is 5.92 Å². The van der Waals surface area contributed by atoms with Crippen LogP contribution in [0, 0.1) is 17.2 Å². The van der Waals surface area contributed by atoms with Crippen molar-refractivity contribution in [1.82, 2.24) is 10.2 Å². The second-order valence-corrected chi connectivity index (χ2v) is 3.67. The quantitative estimate of drug-likeness (QED) is 0.516. The summed E-state index contributed by atoms with van der Waals surface area (Å²) in [5.74, 6) is 0.788. The summed E-state index contributed by atoms with van der Waals surface area (Å²) in [6.45, 7) is 7.37. The molecule has 0 radical (unpaired) electrons. The van der Waals surface area contributed by atoms with Gasteiger partial charge in [0.05, 0.1) is 12.6 Å². The van der Waals surface area contributed by atoms with Crippen LogP contribution in [0.5, 0.6) is 0 Å². The fraction of sp³-hybridized carbons (Fsp3) is 0.900. The Balaban J connectivity index is 2.07. The summed E-state index contributed by atoms with van der Waals surface area (Å²) in [5.41, 5.74) is 0. The molecule has 74 valence electrons. The number of nitrogens with zero attached hydrogens (tertiary/aromatic N) is 2. The molecule has 13 heavy (non-hydrogen) atoms. The van der Waals surface area contributed by atoms with E-state index < -0.39 is 0 Å². The van der Waals surface area contributed by atoms with E-state index in [4.69, 9.17) is 5.26 Å². The largest absolute Gasteiger partial charge is 0.304 e. The molecule has 0 bridgehead atoms. The molecule has 0 saturated carbocycles. The Morgan fingerprint density at radius 3 is 2.69 bits per heavy atom. The lowest BCUT2D eigenvalue weighted by atomic mass is 9.97. The van der Waals surface area contributed by atoms with Crippen molar-refractivity contribution in [3.63, 3.8) is 0 Å². The maximum atomic E-state index is 8.36. The first-order chi connectivity index (χ1) is 6.36. The third kappa shape index (κ3) is 3.75. The van der Waals surface area contributed by atoms with Gasteiger partial charge in [0.25, 0.3) is 0 Å². The first-order valence-corrected chi connectivity index (χ1v) is 5.16. The van der Waals surface area contributed by atoms with Gasteiger partial charge in [-0.2, -0.15) is 5.26 Å². The van der Waals surface area contributed by atoms with Crippen molar-refractivity contribution in [1.29, 1.82) is 5.26 Å². The normalized spacial score (nSPS) is 20.0. The second kappa shape index (κ2) is 5.95. The average molecular weight is 181 g/mol. The highest BCUT2D eigenvalue weighted by molar-refractivity contribution is 4.77. The summed E-state index contributed by atoms with van der Waals surface area (Å²) in [7, 11) is 0. The summed E-state index contributed by atoms with van der Waals surface area (Å²) in [6.07, 6.45) is 2.57. The highest BCUT2D eigenvalue weighted by Gasteiger charge is 2.16. The molecular weight excluding hydrogens is 162 g/mol. The zero-order valence-electron chi connectivity index (χ0n) is 8.42. The van der Waals surface area contributed by atoms with Crippen LogP contribution in [0.4, 0.5) is 0 Å². The zero-order chi connectivity index (χ0) is 9.52. The van der Waals surface area contributed by atoms with Crippen LogP contribution in [0.3, 0.4) is 0 Å². The fourth-order valence-corrected chi connectivity index (χ4v) is 1.84.